The highest BCUT2D eigenvalue weighted by Gasteiger charge is 2.13. The van der Waals surface area contributed by atoms with Crippen molar-refractivity contribution in [3.05, 3.63) is 82.8 Å². The number of carbonyl (C=O) groups excluding carboxylic acids is 1. The third-order valence-electron chi connectivity index (χ3n) is 5.42. The summed E-state index contributed by atoms with van der Waals surface area (Å²) in [5, 5.41) is 13.8. The number of halogens is 1. The standard InChI is InChI=1S/C25H27FN8O/c1-15-4-5-20(31-25(35)19-8-17(12-26)7-18(9-19)13-27)10-21(15)32-24-6-16(2)33-34(24)23-11-22(28-3)29-14-30-23/h4-11,14,32H,12-13,27H2,1-3H3,(H,31,35)(H,28,29,30). The Morgan fingerprint density at radius 1 is 1.06 bits per heavy atom. The van der Waals surface area contributed by atoms with Crippen LogP contribution in [0.3, 0.4) is 0 Å². The summed E-state index contributed by atoms with van der Waals surface area (Å²) >= 11 is 0. The number of alkyl halides is 1. The minimum atomic E-state index is -0.665. The van der Waals surface area contributed by atoms with Crippen LogP contribution in [-0.2, 0) is 13.2 Å². The van der Waals surface area contributed by atoms with Gasteiger partial charge in [-0.05, 0) is 54.8 Å². The van der Waals surface area contributed by atoms with Crippen LogP contribution in [-0.4, -0.2) is 32.7 Å². The fraction of sp³-hybridized carbons (Fsp3) is 0.200. The van der Waals surface area contributed by atoms with Crippen molar-refractivity contribution in [2.75, 3.05) is 23.0 Å². The summed E-state index contributed by atoms with van der Waals surface area (Å²) in [6.45, 7) is 3.42. The zero-order valence-corrected chi connectivity index (χ0v) is 19.8. The van der Waals surface area contributed by atoms with Crippen LogP contribution in [0.15, 0.2) is 54.9 Å². The average molecular weight is 475 g/mol. The molecule has 1 amide bonds. The molecule has 4 rings (SSSR count). The van der Waals surface area contributed by atoms with E-state index in [1.54, 1.807) is 29.9 Å². The van der Waals surface area contributed by atoms with Crippen LogP contribution in [0, 0.1) is 13.8 Å². The van der Waals surface area contributed by atoms with Gasteiger partial charge in [-0.25, -0.2) is 14.4 Å². The summed E-state index contributed by atoms with van der Waals surface area (Å²) < 4.78 is 14.9. The lowest BCUT2D eigenvalue weighted by Crippen LogP contribution is -2.13. The number of benzene rings is 2. The van der Waals surface area contributed by atoms with E-state index in [4.69, 9.17) is 5.73 Å². The molecule has 5 N–H and O–H groups in total. The van der Waals surface area contributed by atoms with Crippen molar-refractivity contribution in [1.82, 2.24) is 19.7 Å². The van der Waals surface area contributed by atoms with Crippen LogP contribution in [0.4, 0.5) is 27.4 Å². The Bertz CT molecular complexity index is 1350. The van der Waals surface area contributed by atoms with Gasteiger partial charge in [-0.3, -0.25) is 4.79 Å². The number of nitrogens with two attached hydrogens (primary N) is 1. The van der Waals surface area contributed by atoms with E-state index in [0.29, 0.717) is 39.8 Å². The molecule has 35 heavy (non-hydrogen) atoms. The number of nitrogens with one attached hydrogen (secondary N) is 3. The highest BCUT2D eigenvalue weighted by molar-refractivity contribution is 6.04. The van der Waals surface area contributed by atoms with Crippen LogP contribution < -0.4 is 21.7 Å². The SMILES string of the molecule is CNc1cc(-n2nc(C)cc2Nc2cc(NC(=O)c3cc(CN)cc(CF)c3)ccc2C)ncn1. The van der Waals surface area contributed by atoms with Gasteiger partial charge in [-0.1, -0.05) is 12.1 Å². The highest BCUT2D eigenvalue weighted by Crippen LogP contribution is 2.27. The molecule has 0 atom stereocenters. The van der Waals surface area contributed by atoms with Crippen LogP contribution >= 0.6 is 0 Å². The van der Waals surface area contributed by atoms with Crippen LogP contribution in [0.5, 0.6) is 0 Å². The molecule has 0 unspecified atom stereocenters. The van der Waals surface area contributed by atoms with Crippen molar-refractivity contribution in [1.29, 1.82) is 0 Å². The summed E-state index contributed by atoms with van der Waals surface area (Å²) in [7, 11) is 1.79. The number of nitrogens with zero attached hydrogens (tertiary/aromatic N) is 4. The highest BCUT2D eigenvalue weighted by atomic mass is 19.1. The molecular formula is C25H27FN8O. The summed E-state index contributed by atoms with van der Waals surface area (Å²) in [6.07, 6.45) is 1.47. The van der Waals surface area contributed by atoms with E-state index in [0.717, 1.165) is 16.9 Å². The molecule has 2 aromatic heterocycles. The van der Waals surface area contributed by atoms with Gasteiger partial charge in [0, 0.05) is 42.7 Å². The molecule has 0 aliphatic rings. The maximum atomic E-state index is 13.2. The van der Waals surface area contributed by atoms with E-state index < -0.39 is 6.67 Å². The van der Waals surface area contributed by atoms with E-state index >= 15 is 0 Å². The summed E-state index contributed by atoms with van der Waals surface area (Å²) in [4.78, 5) is 21.4. The molecule has 0 fully saturated rings. The Kier molecular flexibility index (Phi) is 7.02. The lowest BCUT2D eigenvalue weighted by molar-refractivity contribution is 0.102. The van der Waals surface area contributed by atoms with Gasteiger partial charge in [0.2, 0.25) is 0 Å². The lowest BCUT2D eigenvalue weighted by Gasteiger charge is -2.14. The predicted octanol–water partition coefficient (Wildman–Crippen LogP) is 4.24. The minimum Gasteiger partial charge on any atom is -0.373 e. The Balaban J connectivity index is 1.60. The molecule has 0 aliphatic carbocycles. The molecule has 180 valence electrons. The first kappa shape index (κ1) is 23.8. The third kappa shape index (κ3) is 5.44. The van der Waals surface area contributed by atoms with Crippen molar-refractivity contribution >= 4 is 28.9 Å². The number of anilines is 4. The van der Waals surface area contributed by atoms with Gasteiger partial charge in [0.1, 0.15) is 24.6 Å². The van der Waals surface area contributed by atoms with Crippen molar-refractivity contribution < 1.29 is 9.18 Å². The fourth-order valence-corrected chi connectivity index (χ4v) is 3.63. The molecule has 0 spiro atoms. The van der Waals surface area contributed by atoms with E-state index in [1.807, 2.05) is 38.1 Å². The van der Waals surface area contributed by atoms with Gasteiger partial charge in [0.15, 0.2) is 5.82 Å². The Morgan fingerprint density at radius 2 is 1.86 bits per heavy atom. The van der Waals surface area contributed by atoms with Crippen molar-refractivity contribution in [2.24, 2.45) is 5.73 Å². The van der Waals surface area contributed by atoms with Gasteiger partial charge < -0.3 is 21.7 Å². The molecule has 10 heteroatoms. The maximum Gasteiger partial charge on any atom is 0.255 e. The summed E-state index contributed by atoms with van der Waals surface area (Å²) in [6, 6.07) is 14.1. The minimum absolute atomic E-state index is 0.224. The maximum absolute atomic E-state index is 13.2. The second-order valence-corrected chi connectivity index (χ2v) is 8.08. The molecule has 9 nitrogen and oxygen atoms in total. The van der Waals surface area contributed by atoms with Crippen molar-refractivity contribution in [2.45, 2.75) is 27.1 Å². The molecule has 0 saturated carbocycles. The number of amides is 1. The largest absolute Gasteiger partial charge is 0.373 e. The number of rotatable bonds is 8. The average Bonchev–Trinajstić information content (AvgIpc) is 3.25. The second kappa shape index (κ2) is 10.3. The number of hydrogen-bond acceptors (Lipinski definition) is 7. The zero-order valence-electron chi connectivity index (χ0n) is 19.8. The molecule has 0 radical (unpaired) electrons. The zero-order chi connectivity index (χ0) is 24.9. The molecule has 0 aliphatic heterocycles. The first-order chi connectivity index (χ1) is 16.9. The van der Waals surface area contributed by atoms with Gasteiger partial charge in [0.05, 0.1) is 5.69 Å². The van der Waals surface area contributed by atoms with E-state index in [1.165, 1.54) is 12.4 Å². The number of carbonyl (C=O) groups is 1. The number of aromatic nitrogens is 4. The predicted molar refractivity (Wildman–Crippen MR) is 135 cm³/mol. The second-order valence-electron chi connectivity index (χ2n) is 8.08. The topological polar surface area (TPSA) is 123 Å². The van der Waals surface area contributed by atoms with Gasteiger partial charge in [-0.15, -0.1) is 0 Å². The lowest BCUT2D eigenvalue weighted by atomic mass is 10.1. The monoisotopic (exact) mass is 474 g/mol. The normalized spacial score (nSPS) is 10.8. The molecule has 4 aromatic rings. The summed E-state index contributed by atoms with van der Waals surface area (Å²) in [5.74, 6) is 1.64. The van der Waals surface area contributed by atoms with Gasteiger partial charge in [-0.2, -0.15) is 9.78 Å². The van der Waals surface area contributed by atoms with E-state index in [2.05, 4.69) is 31.0 Å². The van der Waals surface area contributed by atoms with Crippen molar-refractivity contribution in [3.8, 4) is 5.82 Å². The number of aryl methyl sites for hydroxylation is 2. The molecule has 0 bridgehead atoms. The molecule has 2 aromatic carbocycles. The molecule has 0 saturated heterocycles. The third-order valence-corrected chi connectivity index (χ3v) is 5.42. The van der Waals surface area contributed by atoms with Crippen molar-refractivity contribution in [3.63, 3.8) is 0 Å². The number of hydrogen-bond donors (Lipinski definition) is 4. The van der Waals surface area contributed by atoms with E-state index in [-0.39, 0.29) is 12.5 Å². The van der Waals surface area contributed by atoms with Crippen LogP contribution in [0.25, 0.3) is 5.82 Å². The molecular weight excluding hydrogens is 447 g/mol. The van der Waals surface area contributed by atoms with Crippen LogP contribution in [0.2, 0.25) is 0 Å². The smallest absolute Gasteiger partial charge is 0.255 e. The Labute approximate surface area is 202 Å². The quantitative estimate of drug-likeness (QED) is 0.301. The Hall–Kier alpha value is -4.31. The summed E-state index contributed by atoms with van der Waals surface area (Å²) in [5.41, 5.74) is 10.3. The van der Waals surface area contributed by atoms with Gasteiger partial charge in [0.25, 0.3) is 5.91 Å². The first-order valence-electron chi connectivity index (χ1n) is 11.0. The first-order valence-corrected chi connectivity index (χ1v) is 11.0. The Morgan fingerprint density at radius 3 is 2.60 bits per heavy atom. The van der Waals surface area contributed by atoms with E-state index in [9.17, 15) is 9.18 Å². The fourth-order valence-electron chi connectivity index (χ4n) is 3.63. The molecule has 2 heterocycles. The van der Waals surface area contributed by atoms with Gasteiger partial charge >= 0.3 is 0 Å². The van der Waals surface area contributed by atoms with Crippen LogP contribution in [0.1, 0.15) is 32.7 Å².